The number of hydrogen-bond donors (Lipinski definition) is 1. The van der Waals surface area contributed by atoms with E-state index in [1.165, 1.54) is 11.8 Å². The summed E-state index contributed by atoms with van der Waals surface area (Å²) >= 11 is 1.18. The van der Waals surface area contributed by atoms with E-state index in [4.69, 9.17) is 22.0 Å². The molecule has 1 fully saturated rings. The number of piperidine rings is 1. The number of nitrogens with two attached hydrogens (primary N) is 1. The van der Waals surface area contributed by atoms with Crippen molar-refractivity contribution in [3.8, 4) is 6.07 Å². The number of pyridine rings is 1. The Labute approximate surface area is 199 Å². The molecule has 1 aromatic heterocycles. The summed E-state index contributed by atoms with van der Waals surface area (Å²) in [5.74, 6) is 0.0770. The van der Waals surface area contributed by atoms with E-state index in [-0.39, 0.29) is 6.10 Å². The van der Waals surface area contributed by atoms with Gasteiger partial charge < -0.3 is 15.4 Å². The summed E-state index contributed by atoms with van der Waals surface area (Å²) in [5, 5.41) is 9.69. The van der Waals surface area contributed by atoms with Crippen molar-refractivity contribution >= 4 is 29.2 Å². The van der Waals surface area contributed by atoms with E-state index in [1.807, 2.05) is 37.3 Å². The topological polar surface area (TPSA) is 96.6 Å². The lowest BCUT2D eigenvalue weighted by Gasteiger charge is -2.34. The maximum atomic E-state index is 12.3. The quantitative estimate of drug-likeness (QED) is 0.425. The molecule has 1 amide bonds. The van der Waals surface area contributed by atoms with Gasteiger partial charge in [-0.05, 0) is 36.8 Å². The number of carbonyl (C=O) groups is 1. The van der Waals surface area contributed by atoms with Crippen molar-refractivity contribution in [2.45, 2.75) is 55.9 Å². The Morgan fingerprint density at radius 1 is 1.36 bits per heavy atom. The monoisotopic (exact) mass is 463 g/mol. The molecule has 8 heteroatoms. The maximum Gasteiger partial charge on any atom is 0.235 e. The minimum Gasteiger partial charge on any atom is -0.378 e. The van der Waals surface area contributed by atoms with Crippen molar-refractivity contribution in [3.05, 3.63) is 58.4 Å². The molecule has 3 rings (SSSR count). The second-order valence-corrected chi connectivity index (χ2v) is 8.98. The van der Waals surface area contributed by atoms with Crippen LogP contribution in [0.15, 0.2) is 35.4 Å². The Kier molecular flexibility index (Phi) is 8.71. The van der Waals surface area contributed by atoms with Gasteiger partial charge in [-0.1, -0.05) is 55.9 Å². The third-order valence-electron chi connectivity index (χ3n) is 5.69. The molecule has 0 bridgehead atoms. The number of amides is 1. The van der Waals surface area contributed by atoms with E-state index in [2.05, 4.69) is 22.7 Å². The molecule has 2 heterocycles. The van der Waals surface area contributed by atoms with Crippen molar-refractivity contribution in [1.29, 1.82) is 5.26 Å². The van der Waals surface area contributed by atoms with Crippen LogP contribution in [0.5, 0.6) is 0 Å². The molecule has 1 atom stereocenters. The first kappa shape index (κ1) is 24.6. The van der Waals surface area contributed by atoms with Crippen LogP contribution < -0.4 is 10.6 Å². The SMILES string of the molecule is [C-]#[N+]c1c(N2CCC(OCCC)CC2)nc(SC(C(N)=O)c2ccccc2)c(C#N)c1CC. The molecule has 1 aliphatic rings. The Balaban J connectivity index is 2.00. The molecule has 172 valence electrons. The number of anilines is 1. The predicted molar refractivity (Wildman–Crippen MR) is 130 cm³/mol. The number of benzene rings is 1. The zero-order chi connectivity index (χ0) is 23.8. The third-order valence-corrected chi connectivity index (χ3v) is 6.95. The zero-order valence-electron chi connectivity index (χ0n) is 19.1. The van der Waals surface area contributed by atoms with Gasteiger partial charge in [-0.15, -0.1) is 0 Å². The molecule has 1 aliphatic heterocycles. The van der Waals surface area contributed by atoms with Crippen LogP contribution >= 0.6 is 11.8 Å². The summed E-state index contributed by atoms with van der Waals surface area (Å²) in [6.45, 7) is 14.0. The van der Waals surface area contributed by atoms with Gasteiger partial charge in [0, 0.05) is 19.7 Å². The number of aromatic nitrogens is 1. The van der Waals surface area contributed by atoms with Crippen LogP contribution in [0.2, 0.25) is 0 Å². The summed E-state index contributed by atoms with van der Waals surface area (Å²) in [6.07, 6.45) is 3.44. The van der Waals surface area contributed by atoms with Gasteiger partial charge in [0.25, 0.3) is 0 Å². The highest BCUT2D eigenvalue weighted by molar-refractivity contribution is 8.00. The molecule has 2 aromatic rings. The highest BCUT2D eigenvalue weighted by atomic mass is 32.2. The Morgan fingerprint density at radius 3 is 2.61 bits per heavy atom. The van der Waals surface area contributed by atoms with E-state index in [0.717, 1.165) is 44.5 Å². The number of ether oxygens (including phenoxy) is 1. The van der Waals surface area contributed by atoms with Gasteiger partial charge in [-0.2, -0.15) is 5.26 Å². The lowest BCUT2D eigenvalue weighted by Crippen LogP contribution is -2.37. The van der Waals surface area contributed by atoms with Gasteiger partial charge in [0.1, 0.15) is 22.2 Å². The number of nitrogens with zero attached hydrogens (tertiary/aromatic N) is 4. The van der Waals surface area contributed by atoms with E-state index in [9.17, 15) is 10.1 Å². The zero-order valence-corrected chi connectivity index (χ0v) is 19.9. The Hall–Kier alpha value is -3.07. The van der Waals surface area contributed by atoms with Crippen LogP contribution in [-0.4, -0.2) is 36.7 Å². The fraction of sp³-hybridized carbons (Fsp3) is 0.440. The molecule has 0 radical (unpaired) electrons. The van der Waals surface area contributed by atoms with Crippen molar-refractivity contribution in [3.63, 3.8) is 0 Å². The standard InChI is InChI=1S/C25H29N5O2S/c1-4-15-32-18-11-13-30(14-12-18)24-21(28-3)19(5-2)20(16-26)25(29-24)33-22(23(27)31)17-9-7-6-8-10-17/h6-10,18,22H,4-5,11-15H2,1-2H3,(H2,27,31). The first-order valence-corrected chi connectivity index (χ1v) is 12.1. The molecule has 2 N–H and O–H groups in total. The van der Waals surface area contributed by atoms with E-state index < -0.39 is 11.2 Å². The normalized spacial score (nSPS) is 15.0. The second-order valence-electron chi connectivity index (χ2n) is 7.89. The molecule has 33 heavy (non-hydrogen) atoms. The number of hydrogen-bond acceptors (Lipinski definition) is 6. The number of carbonyl (C=O) groups excluding carboxylic acids is 1. The molecule has 0 aliphatic carbocycles. The van der Waals surface area contributed by atoms with Crippen molar-refractivity contribution in [2.75, 3.05) is 24.6 Å². The van der Waals surface area contributed by atoms with E-state index in [0.29, 0.717) is 34.1 Å². The van der Waals surface area contributed by atoms with E-state index in [1.54, 1.807) is 0 Å². The smallest absolute Gasteiger partial charge is 0.235 e. The largest absolute Gasteiger partial charge is 0.378 e. The third kappa shape index (κ3) is 5.65. The van der Waals surface area contributed by atoms with Crippen LogP contribution in [0.4, 0.5) is 11.5 Å². The second kappa shape index (κ2) is 11.7. The van der Waals surface area contributed by atoms with Crippen LogP contribution in [0.3, 0.4) is 0 Å². The van der Waals surface area contributed by atoms with Crippen LogP contribution in [0.25, 0.3) is 4.85 Å². The van der Waals surface area contributed by atoms with Gasteiger partial charge >= 0.3 is 0 Å². The average Bonchev–Trinajstić information content (AvgIpc) is 2.85. The number of nitriles is 1. The Bertz CT molecular complexity index is 1050. The molecular formula is C25H29N5O2S. The molecule has 0 spiro atoms. The molecule has 0 saturated carbocycles. The fourth-order valence-electron chi connectivity index (χ4n) is 4.02. The lowest BCUT2D eigenvalue weighted by atomic mass is 10.0. The summed E-state index contributed by atoms with van der Waals surface area (Å²) in [6, 6.07) is 11.5. The lowest BCUT2D eigenvalue weighted by molar-refractivity contribution is -0.117. The van der Waals surface area contributed by atoms with Crippen molar-refractivity contribution in [1.82, 2.24) is 4.98 Å². The van der Waals surface area contributed by atoms with Gasteiger partial charge in [0.05, 0.1) is 18.2 Å². The minimum absolute atomic E-state index is 0.216. The van der Waals surface area contributed by atoms with Crippen molar-refractivity contribution in [2.24, 2.45) is 5.73 Å². The number of primary amides is 1. The summed E-state index contributed by atoms with van der Waals surface area (Å²) in [4.78, 5) is 23.0. The van der Waals surface area contributed by atoms with E-state index >= 15 is 0 Å². The number of thioether (sulfide) groups is 1. The fourth-order valence-corrected chi connectivity index (χ4v) is 5.08. The summed E-state index contributed by atoms with van der Waals surface area (Å²) in [5.41, 5.74) is 7.91. The predicted octanol–water partition coefficient (Wildman–Crippen LogP) is 4.78. The average molecular weight is 464 g/mol. The van der Waals surface area contributed by atoms with Gasteiger partial charge in [-0.3, -0.25) is 4.79 Å². The first-order valence-electron chi connectivity index (χ1n) is 11.3. The highest BCUT2D eigenvalue weighted by Gasteiger charge is 2.29. The van der Waals surface area contributed by atoms with Gasteiger partial charge in [0.15, 0.2) is 0 Å². The minimum atomic E-state index is -0.685. The van der Waals surface area contributed by atoms with Crippen LogP contribution in [0.1, 0.15) is 55.1 Å². The van der Waals surface area contributed by atoms with Gasteiger partial charge in [-0.25, -0.2) is 9.83 Å². The summed E-state index contributed by atoms with van der Waals surface area (Å²) in [7, 11) is 0. The van der Waals surface area contributed by atoms with Crippen molar-refractivity contribution < 1.29 is 9.53 Å². The molecule has 1 aromatic carbocycles. The molecular weight excluding hydrogens is 434 g/mol. The number of rotatable bonds is 9. The molecule has 7 nitrogen and oxygen atoms in total. The Morgan fingerprint density at radius 2 is 2.06 bits per heavy atom. The maximum absolute atomic E-state index is 12.3. The summed E-state index contributed by atoms with van der Waals surface area (Å²) < 4.78 is 5.90. The molecule has 1 saturated heterocycles. The molecule has 1 unspecified atom stereocenters. The highest BCUT2D eigenvalue weighted by Crippen LogP contribution is 2.43. The first-order chi connectivity index (χ1) is 16.0. The van der Waals surface area contributed by atoms with Crippen LogP contribution in [-0.2, 0) is 16.0 Å². The van der Waals surface area contributed by atoms with Crippen LogP contribution in [0, 0.1) is 17.9 Å². The van der Waals surface area contributed by atoms with Gasteiger partial charge in [0.2, 0.25) is 11.6 Å².